The lowest BCUT2D eigenvalue weighted by Gasteiger charge is -2.37. The maximum absolute atomic E-state index is 6.79. The lowest BCUT2D eigenvalue weighted by Crippen LogP contribution is -2.26. The number of allylic oxidation sites excluding steroid dienone is 2. The zero-order chi connectivity index (χ0) is 36.1. The molecule has 0 saturated heterocycles. The van der Waals surface area contributed by atoms with Gasteiger partial charge in [0.1, 0.15) is 17.3 Å². The molecule has 3 aromatic heterocycles. The van der Waals surface area contributed by atoms with Gasteiger partial charge in [-0.15, -0.1) is 0 Å². The minimum atomic E-state index is 0.326. The molecule has 51 heavy (non-hydrogen) atoms. The van der Waals surface area contributed by atoms with E-state index in [2.05, 4.69) is 157 Å². The van der Waals surface area contributed by atoms with Gasteiger partial charge in [-0.1, -0.05) is 85.2 Å². The van der Waals surface area contributed by atoms with E-state index in [4.69, 9.17) is 14.8 Å². The Labute approximate surface area is 304 Å². The first-order valence-corrected chi connectivity index (χ1v) is 19.0. The summed E-state index contributed by atoms with van der Waals surface area (Å²) in [4.78, 5) is 4.84. The summed E-state index contributed by atoms with van der Waals surface area (Å²) in [5, 5.41) is 7.63. The average molecular weight is 679 g/mol. The third-order valence-corrected chi connectivity index (χ3v) is 11.2. The molecule has 1 aliphatic carbocycles. The molecule has 6 aromatic rings. The zero-order valence-corrected chi connectivity index (χ0v) is 32.2. The highest BCUT2D eigenvalue weighted by atomic mass is 16.5. The van der Waals surface area contributed by atoms with Gasteiger partial charge in [-0.2, -0.15) is 5.10 Å². The predicted molar refractivity (Wildman–Crippen MR) is 213 cm³/mol. The summed E-state index contributed by atoms with van der Waals surface area (Å²) in [6.07, 6.45) is 6.84. The second kappa shape index (κ2) is 13.8. The SMILES string of the molecule is Cc1nn(-c2cc(Oc3ccc4c5ccccc5n(-c5cc(C(C)C)ccn5)c4c3)cc(C(C)C)c2)c(C)c1[C@H]1C(C(C)C)=CCCC1C(C)C. The van der Waals surface area contributed by atoms with E-state index in [9.17, 15) is 0 Å². The van der Waals surface area contributed by atoms with Crippen molar-refractivity contribution in [2.24, 2.45) is 17.8 Å². The summed E-state index contributed by atoms with van der Waals surface area (Å²) >= 11 is 0. The van der Waals surface area contributed by atoms with Gasteiger partial charge in [0.05, 0.1) is 22.4 Å². The summed E-state index contributed by atoms with van der Waals surface area (Å²) in [6.45, 7) is 22.9. The van der Waals surface area contributed by atoms with Crippen molar-refractivity contribution < 1.29 is 4.74 Å². The standard InChI is InChI=1S/C46H54N4O/c1-27(2)33-20-21-47-44(24-33)49-42-17-12-11-14-40(42)41-19-18-36(26-43(41)49)51-37-23-34(28(3)4)22-35(25-37)50-32(10)45(31(9)48-50)46-38(29(5)6)15-13-16-39(46)30(7)8/h11-12,14-15,17-30,39,46H,13,16H2,1-10H3/t39?,46-/m0/s1. The molecule has 3 heterocycles. The van der Waals surface area contributed by atoms with Crippen molar-refractivity contribution in [3.05, 3.63) is 119 Å². The Hall–Kier alpha value is -4.64. The van der Waals surface area contributed by atoms with Crippen molar-refractivity contribution in [1.29, 1.82) is 0 Å². The number of aromatic nitrogens is 4. The van der Waals surface area contributed by atoms with E-state index in [-0.39, 0.29) is 0 Å². The average Bonchev–Trinajstić information content (AvgIpc) is 3.59. The van der Waals surface area contributed by atoms with Crippen LogP contribution in [-0.4, -0.2) is 19.3 Å². The maximum Gasteiger partial charge on any atom is 0.137 e. The van der Waals surface area contributed by atoms with Crippen molar-refractivity contribution >= 4 is 21.8 Å². The Morgan fingerprint density at radius 3 is 2.20 bits per heavy atom. The molecule has 0 fully saturated rings. The molecule has 0 aliphatic heterocycles. The molecule has 7 rings (SSSR count). The first kappa shape index (κ1) is 34.8. The molecule has 2 atom stereocenters. The van der Waals surface area contributed by atoms with Crippen molar-refractivity contribution in [3.63, 3.8) is 0 Å². The number of fused-ring (bicyclic) bond motifs is 3. The number of hydrogen-bond donors (Lipinski definition) is 0. The van der Waals surface area contributed by atoms with Crippen LogP contribution in [0.4, 0.5) is 0 Å². The molecule has 0 saturated carbocycles. The molecule has 0 radical (unpaired) electrons. The van der Waals surface area contributed by atoms with Crippen LogP contribution < -0.4 is 4.74 Å². The van der Waals surface area contributed by atoms with Gasteiger partial charge in [-0.05, 0) is 110 Å². The first-order chi connectivity index (χ1) is 24.4. The fraction of sp³-hybridized carbons (Fsp3) is 0.391. The number of rotatable bonds is 9. The number of para-hydroxylation sites is 1. The van der Waals surface area contributed by atoms with E-state index < -0.39 is 0 Å². The van der Waals surface area contributed by atoms with E-state index in [1.165, 1.54) is 46.0 Å². The van der Waals surface area contributed by atoms with Crippen LogP contribution in [0.1, 0.15) is 114 Å². The number of aryl methyl sites for hydroxylation is 1. The number of ether oxygens (including phenoxy) is 1. The molecule has 5 nitrogen and oxygen atoms in total. The monoisotopic (exact) mass is 678 g/mol. The molecular formula is C46H54N4O. The second-order valence-electron chi connectivity index (χ2n) is 16.0. The fourth-order valence-corrected chi connectivity index (χ4v) is 8.47. The third-order valence-electron chi connectivity index (χ3n) is 11.2. The highest BCUT2D eigenvalue weighted by Gasteiger charge is 2.36. The van der Waals surface area contributed by atoms with Gasteiger partial charge in [0.25, 0.3) is 0 Å². The van der Waals surface area contributed by atoms with E-state index in [1.807, 2.05) is 6.20 Å². The number of benzene rings is 3. The second-order valence-corrected chi connectivity index (χ2v) is 16.0. The van der Waals surface area contributed by atoms with Gasteiger partial charge >= 0.3 is 0 Å². The summed E-state index contributed by atoms with van der Waals surface area (Å²) in [5.74, 6) is 5.38. The highest BCUT2D eigenvalue weighted by Crippen LogP contribution is 2.47. The van der Waals surface area contributed by atoms with Crippen molar-refractivity contribution in [2.75, 3.05) is 0 Å². The summed E-state index contributed by atoms with van der Waals surface area (Å²) < 4.78 is 11.2. The minimum absolute atomic E-state index is 0.326. The first-order valence-electron chi connectivity index (χ1n) is 19.0. The molecule has 3 aromatic carbocycles. The Balaban J connectivity index is 1.32. The molecule has 1 aliphatic rings. The van der Waals surface area contributed by atoms with Crippen LogP contribution >= 0.6 is 0 Å². The molecular weight excluding hydrogens is 625 g/mol. The van der Waals surface area contributed by atoms with Crippen LogP contribution in [0.2, 0.25) is 0 Å². The largest absolute Gasteiger partial charge is 0.457 e. The van der Waals surface area contributed by atoms with Gasteiger partial charge in [0, 0.05) is 46.3 Å². The summed E-state index contributed by atoms with van der Waals surface area (Å²) in [5.41, 5.74) is 11.1. The van der Waals surface area contributed by atoms with Crippen molar-refractivity contribution in [3.8, 4) is 23.0 Å². The van der Waals surface area contributed by atoms with Gasteiger partial charge in [0.2, 0.25) is 0 Å². The Bertz CT molecular complexity index is 2250. The quantitative estimate of drug-likeness (QED) is 0.143. The van der Waals surface area contributed by atoms with Gasteiger partial charge < -0.3 is 4.74 Å². The molecule has 0 N–H and O–H groups in total. The van der Waals surface area contributed by atoms with Crippen LogP contribution in [0.15, 0.2) is 90.6 Å². The molecule has 0 amide bonds. The van der Waals surface area contributed by atoms with Gasteiger partial charge in [-0.3, -0.25) is 4.57 Å². The molecule has 264 valence electrons. The van der Waals surface area contributed by atoms with Gasteiger partial charge in [0.15, 0.2) is 0 Å². The zero-order valence-electron chi connectivity index (χ0n) is 32.2. The van der Waals surface area contributed by atoms with Crippen molar-refractivity contribution in [1.82, 2.24) is 19.3 Å². The van der Waals surface area contributed by atoms with Crippen LogP contribution in [-0.2, 0) is 0 Å². The topological polar surface area (TPSA) is 44.9 Å². The Morgan fingerprint density at radius 2 is 1.47 bits per heavy atom. The van der Waals surface area contributed by atoms with E-state index in [0.717, 1.165) is 39.7 Å². The van der Waals surface area contributed by atoms with E-state index >= 15 is 0 Å². The predicted octanol–water partition coefficient (Wildman–Crippen LogP) is 12.8. The number of nitrogens with zero attached hydrogens (tertiary/aromatic N) is 4. The maximum atomic E-state index is 6.79. The fourth-order valence-electron chi connectivity index (χ4n) is 8.47. The van der Waals surface area contributed by atoms with Crippen molar-refractivity contribution in [2.45, 2.75) is 99.8 Å². The smallest absolute Gasteiger partial charge is 0.137 e. The number of hydrogen-bond acceptors (Lipinski definition) is 3. The molecule has 5 heteroatoms. The lowest BCUT2D eigenvalue weighted by atomic mass is 9.67. The lowest BCUT2D eigenvalue weighted by molar-refractivity contribution is 0.297. The molecule has 0 bridgehead atoms. The van der Waals surface area contributed by atoms with Gasteiger partial charge in [-0.25, -0.2) is 9.67 Å². The third kappa shape index (κ3) is 6.41. The summed E-state index contributed by atoms with van der Waals surface area (Å²) in [7, 11) is 0. The highest BCUT2D eigenvalue weighted by molar-refractivity contribution is 6.09. The van der Waals surface area contributed by atoms with E-state index in [1.54, 1.807) is 5.57 Å². The molecule has 1 unspecified atom stereocenters. The van der Waals surface area contributed by atoms with Crippen LogP contribution in [0.3, 0.4) is 0 Å². The minimum Gasteiger partial charge on any atom is -0.457 e. The molecule has 0 spiro atoms. The van der Waals surface area contributed by atoms with Crippen LogP contribution in [0, 0.1) is 31.6 Å². The number of pyridine rings is 1. The van der Waals surface area contributed by atoms with Crippen LogP contribution in [0.5, 0.6) is 11.5 Å². The van der Waals surface area contributed by atoms with Crippen LogP contribution in [0.25, 0.3) is 33.3 Å². The Kier molecular flexibility index (Phi) is 9.43. The Morgan fingerprint density at radius 1 is 0.725 bits per heavy atom. The van der Waals surface area contributed by atoms with E-state index in [0.29, 0.717) is 35.5 Å². The normalized spacial score (nSPS) is 16.7. The summed E-state index contributed by atoms with van der Waals surface area (Å²) in [6, 6.07) is 26.0.